The number of carbonyl (C=O) groups is 2. The number of piperidine rings is 1. The van der Waals surface area contributed by atoms with Gasteiger partial charge in [-0.05, 0) is 82.1 Å². The van der Waals surface area contributed by atoms with E-state index in [1.165, 1.54) is 19.1 Å². The summed E-state index contributed by atoms with van der Waals surface area (Å²) in [7, 11) is -3.59. The van der Waals surface area contributed by atoms with Gasteiger partial charge in [0.1, 0.15) is 5.75 Å². The molecule has 0 aliphatic carbocycles. The molecule has 1 aliphatic heterocycles. The predicted molar refractivity (Wildman–Crippen MR) is 119 cm³/mol. The molecule has 1 heterocycles. The van der Waals surface area contributed by atoms with Gasteiger partial charge >= 0.3 is 0 Å². The number of amides is 1. The number of sulfonamides is 1. The van der Waals surface area contributed by atoms with E-state index in [0.29, 0.717) is 17.0 Å². The number of anilines is 1. The van der Waals surface area contributed by atoms with Crippen molar-refractivity contribution in [2.75, 3.05) is 11.9 Å². The summed E-state index contributed by atoms with van der Waals surface area (Å²) in [4.78, 5) is 23.7. The van der Waals surface area contributed by atoms with Crippen LogP contribution in [0.4, 0.5) is 5.69 Å². The summed E-state index contributed by atoms with van der Waals surface area (Å²) in [5.41, 5.74) is 1.06. The third-order valence-electron chi connectivity index (χ3n) is 5.46. The van der Waals surface area contributed by atoms with Crippen molar-refractivity contribution >= 4 is 27.4 Å². The molecule has 2 aromatic carbocycles. The van der Waals surface area contributed by atoms with Crippen molar-refractivity contribution in [3.63, 3.8) is 0 Å². The molecule has 7 nitrogen and oxygen atoms in total. The Morgan fingerprint density at radius 1 is 1.00 bits per heavy atom. The molecule has 2 atom stereocenters. The maximum Gasteiger partial charge on any atom is 0.262 e. The lowest BCUT2D eigenvalue weighted by atomic mass is 10.0. The SMILES string of the molecule is CC(=O)c1ccc(OCC(=O)Nc2ccc(S(=O)(=O)N3[C@H](C)CCC[C@H]3C)cc2)cc1. The van der Waals surface area contributed by atoms with Crippen LogP contribution in [-0.2, 0) is 14.8 Å². The summed E-state index contributed by atoms with van der Waals surface area (Å²) < 4.78 is 33.2. The average molecular weight is 445 g/mol. The molecule has 0 saturated carbocycles. The van der Waals surface area contributed by atoms with Gasteiger partial charge in [0, 0.05) is 23.3 Å². The molecule has 2 aromatic rings. The van der Waals surface area contributed by atoms with Crippen LogP contribution in [0.1, 0.15) is 50.4 Å². The fraction of sp³-hybridized carbons (Fsp3) is 0.391. The Morgan fingerprint density at radius 2 is 1.58 bits per heavy atom. The van der Waals surface area contributed by atoms with Crippen molar-refractivity contribution in [2.45, 2.75) is 57.0 Å². The quantitative estimate of drug-likeness (QED) is 0.655. The van der Waals surface area contributed by atoms with Crippen molar-refractivity contribution < 1.29 is 22.7 Å². The number of ketones is 1. The van der Waals surface area contributed by atoms with Gasteiger partial charge in [-0.3, -0.25) is 9.59 Å². The first-order valence-corrected chi connectivity index (χ1v) is 11.8. The Hall–Kier alpha value is -2.71. The van der Waals surface area contributed by atoms with Gasteiger partial charge in [-0.25, -0.2) is 8.42 Å². The van der Waals surface area contributed by atoms with Crippen LogP contribution in [0.3, 0.4) is 0 Å². The number of ether oxygens (including phenoxy) is 1. The van der Waals surface area contributed by atoms with E-state index < -0.39 is 10.0 Å². The van der Waals surface area contributed by atoms with Crippen LogP contribution in [-0.4, -0.2) is 43.1 Å². The second-order valence-corrected chi connectivity index (χ2v) is 9.75. The first kappa shape index (κ1) is 23.0. The number of benzene rings is 2. The molecule has 0 bridgehead atoms. The number of carbonyl (C=O) groups excluding carboxylic acids is 2. The van der Waals surface area contributed by atoms with Gasteiger partial charge in [0.2, 0.25) is 10.0 Å². The molecule has 8 heteroatoms. The van der Waals surface area contributed by atoms with Gasteiger partial charge in [0.05, 0.1) is 4.90 Å². The fourth-order valence-corrected chi connectivity index (χ4v) is 5.72. The van der Waals surface area contributed by atoms with Crippen molar-refractivity contribution in [3.8, 4) is 5.75 Å². The third-order valence-corrected chi connectivity index (χ3v) is 7.60. The third kappa shape index (κ3) is 5.51. The van der Waals surface area contributed by atoms with E-state index in [-0.39, 0.29) is 35.3 Å². The minimum Gasteiger partial charge on any atom is -0.484 e. The topological polar surface area (TPSA) is 92.8 Å². The molecule has 0 radical (unpaired) electrons. The molecule has 166 valence electrons. The maximum absolute atomic E-state index is 13.1. The first-order chi connectivity index (χ1) is 14.7. The Kier molecular flexibility index (Phi) is 7.12. The zero-order valence-electron chi connectivity index (χ0n) is 18.0. The number of nitrogens with zero attached hydrogens (tertiary/aromatic N) is 1. The molecule has 1 aliphatic rings. The van der Waals surface area contributed by atoms with Crippen LogP contribution < -0.4 is 10.1 Å². The van der Waals surface area contributed by atoms with E-state index in [0.717, 1.165) is 19.3 Å². The van der Waals surface area contributed by atoms with Gasteiger partial charge < -0.3 is 10.1 Å². The largest absolute Gasteiger partial charge is 0.484 e. The average Bonchev–Trinajstić information content (AvgIpc) is 2.72. The summed E-state index contributed by atoms with van der Waals surface area (Å²) in [6.07, 6.45) is 2.74. The van der Waals surface area contributed by atoms with E-state index in [4.69, 9.17) is 4.74 Å². The summed E-state index contributed by atoms with van der Waals surface area (Å²) in [6.45, 7) is 5.15. The van der Waals surface area contributed by atoms with Gasteiger partial charge in [-0.15, -0.1) is 0 Å². The normalized spacial score (nSPS) is 19.6. The summed E-state index contributed by atoms with van der Waals surface area (Å²) >= 11 is 0. The molecular formula is C23H28N2O5S. The molecule has 1 saturated heterocycles. The molecule has 0 spiro atoms. The van der Waals surface area contributed by atoms with Crippen LogP contribution in [0.15, 0.2) is 53.4 Å². The Labute approximate surface area is 183 Å². The minimum absolute atomic E-state index is 0.0326. The molecule has 1 N–H and O–H groups in total. The number of hydrogen-bond acceptors (Lipinski definition) is 5. The van der Waals surface area contributed by atoms with E-state index in [1.54, 1.807) is 40.7 Å². The summed E-state index contributed by atoms with van der Waals surface area (Å²) in [6, 6.07) is 12.7. The van der Waals surface area contributed by atoms with Crippen molar-refractivity contribution in [1.29, 1.82) is 0 Å². The van der Waals surface area contributed by atoms with Gasteiger partial charge in [0.15, 0.2) is 12.4 Å². The highest BCUT2D eigenvalue weighted by atomic mass is 32.2. The lowest BCUT2D eigenvalue weighted by Gasteiger charge is -2.37. The van der Waals surface area contributed by atoms with Crippen LogP contribution >= 0.6 is 0 Å². The Bertz CT molecular complexity index is 1020. The number of rotatable bonds is 7. The zero-order valence-corrected chi connectivity index (χ0v) is 18.8. The lowest BCUT2D eigenvalue weighted by molar-refractivity contribution is -0.118. The fourth-order valence-electron chi connectivity index (χ4n) is 3.84. The van der Waals surface area contributed by atoms with Crippen LogP contribution in [0.25, 0.3) is 0 Å². The van der Waals surface area contributed by atoms with Crippen LogP contribution in [0.5, 0.6) is 5.75 Å². The molecule has 31 heavy (non-hydrogen) atoms. The van der Waals surface area contributed by atoms with E-state index in [9.17, 15) is 18.0 Å². The Balaban J connectivity index is 1.59. The summed E-state index contributed by atoms with van der Waals surface area (Å²) in [5.74, 6) is 0.0647. The second kappa shape index (κ2) is 9.62. The monoisotopic (exact) mass is 444 g/mol. The van der Waals surface area contributed by atoms with Gasteiger partial charge in [-0.1, -0.05) is 6.42 Å². The van der Waals surface area contributed by atoms with Gasteiger partial charge in [0.25, 0.3) is 5.91 Å². The van der Waals surface area contributed by atoms with E-state index in [1.807, 2.05) is 13.8 Å². The molecule has 0 aromatic heterocycles. The van der Waals surface area contributed by atoms with Crippen molar-refractivity contribution in [3.05, 3.63) is 54.1 Å². The number of hydrogen-bond donors (Lipinski definition) is 1. The molecule has 1 fully saturated rings. The van der Waals surface area contributed by atoms with Crippen LogP contribution in [0.2, 0.25) is 0 Å². The van der Waals surface area contributed by atoms with Crippen LogP contribution in [0, 0.1) is 0 Å². The standard InChI is InChI=1S/C23H28N2O5S/c1-16-5-4-6-17(2)25(16)31(28,29)22-13-9-20(10-14-22)24-23(27)15-30-21-11-7-19(8-12-21)18(3)26/h7-14,16-17H,4-6,15H2,1-3H3,(H,24,27)/t16-,17-/m1/s1. The highest BCUT2D eigenvalue weighted by Crippen LogP contribution is 2.30. The van der Waals surface area contributed by atoms with Gasteiger partial charge in [-0.2, -0.15) is 4.31 Å². The van der Waals surface area contributed by atoms with Crippen molar-refractivity contribution in [1.82, 2.24) is 4.31 Å². The minimum atomic E-state index is -3.59. The maximum atomic E-state index is 13.1. The molecule has 3 rings (SSSR count). The summed E-state index contributed by atoms with van der Waals surface area (Å²) in [5, 5.41) is 2.69. The predicted octanol–water partition coefficient (Wildman–Crippen LogP) is 3.86. The number of Topliss-reactive ketones (excluding diaryl/α,β-unsaturated/α-hetero) is 1. The smallest absolute Gasteiger partial charge is 0.262 e. The number of nitrogens with one attached hydrogen (secondary N) is 1. The van der Waals surface area contributed by atoms with E-state index in [2.05, 4.69) is 5.32 Å². The second-order valence-electron chi connectivity index (χ2n) is 7.91. The highest BCUT2D eigenvalue weighted by Gasteiger charge is 2.35. The highest BCUT2D eigenvalue weighted by molar-refractivity contribution is 7.89. The van der Waals surface area contributed by atoms with E-state index >= 15 is 0 Å². The zero-order chi connectivity index (χ0) is 22.6. The molecular weight excluding hydrogens is 416 g/mol. The van der Waals surface area contributed by atoms with Crippen molar-refractivity contribution in [2.24, 2.45) is 0 Å². The first-order valence-electron chi connectivity index (χ1n) is 10.4. The molecule has 0 unspecified atom stereocenters. The lowest BCUT2D eigenvalue weighted by Crippen LogP contribution is -2.47. The molecule has 1 amide bonds. The Morgan fingerprint density at radius 3 is 2.13 bits per heavy atom.